The Morgan fingerprint density at radius 1 is 1.39 bits per heavy atom. The van der Waals surface area contributed by atoms with Gasteiger partial charge >= 0.3 is 0 Å². The highest BCUT2D eigenvalue weighted by molar-refractivity contribution is 7.99. The van der Waals surface area contributed by atoms with Gasteiger partial charge in [0, 0.05) is 24.1 Å². The molecule has 0 aromatic heterocycles. The van der Waals surface area contributed by atoms with Crippen molar-refractivity contribution < 1.29 is 14.3 Å². The zero-order chi connectivity index (χ0) is 13.0. The Bertz CT molecular complexity index is 430. The van der Waals surface area contributed by atoms with Gasteiger partial charge in [-0.15, -0.1) is 0 Å². The number of ether oxygens (including phenoxy) is 2. The molecule has 1 aromatic carbocycles. The molecule has 1 atom stereocenters. The van der Waals surface area contributed by atoms with E-state index >= 15 is 0 Å². The third kappa shape index (κ3) is 2.79. The lowest BCUT2D eigenvalue weighted by Crippen LogP contribution is -2.43. The van der Waals surface area contributed by atoms with Crippen LogP contribution in [0.2, 0.25) is 0 Å². The number of nitrogens with one attached hydrogen (secondary N) is 1. The van der Waals surface area contributed by atoms with Crippen LogP contribution < -0.4 is 14.8 Å². The van der Waals surface area contributed by atoms with E-state index in [0.717, 1.165) is 18.1 Å². The van der Waals surface area contributed by atoms with Gasteiger partial charge in [0.2, 0.25) is 0 Å². The second kappa shape index (κ2) is 6.11. The molecule has 18 heavy (non-hydrogen) atoms. The maximum absolute atomic E-state index is 12.4. The van der Waals surface area contributed by atoms with E-state index < -0.39 is 0 Å². The van der Waals surface area contributed by atoms with Crippen molar-refractivity contribution in [1.82, 2.24) is 5.32 Å². The number of carbonyl (C=O) groups excluding carboxylic acids is 1. The van der Waals surface area contributed by atoms with Gasteiger partial charge in [-0.3, -0.25) is 4.79 Å². The predicted octanol–water partition coefficient (Wildman–Crippen LogP) is 1.59. The fourth-order valence-electron chi connectivity index (χ4n) is 1.92. The van der Waals surface area contributed by atoms with Crippen molar-refractivity contribution in [2.75, 3.05) is 32.3 Å². The summed E-state index contributed by atoms with van der Waals surface area (Å²) >= 11 is 1.80. The minimum absolute atomic E-state index is 0.0849. The van der Waals surface area contributed by atoms with E-state index in [4.69, 9.17) is 9.47 Å². The topological polar surface area (TPSA) is 47.6 Å². The number of thioether (sulfide) groups is 1. The Labute approximate surface area is 111 Å². The Morgan fingerprint density at radius 2 is 2.22 bits per heavy atom. The van der Waals surface area contributed by atoms with Crippen molar-refractivity contribution in [2.45, 2.75) is 6.04 Å². The molecule has 1 aliphatic rings. The van der Waals surface area contributed by atoms with Gasteiger partial charge in [-0.1, -0.05) is 0 Å². The molecule has 0 spiro atoms. The first-order valence-electron chi connectivity index (χ1n) is 5.83. The lowest BCUT2D eigenvalue weighted by molar-refractivity contribution is 0.0950. The third-order valence-electron chi connectivity index (χ3n) is 2.91. The van der Waals surface area contributed by atoms with Crippen LogP contribution in [0.5, 0.6) is 11.5 Å². The quantitative estimate of drug-likeness (QED) is 0.840. The van der Waals surface area contributed by atoms with Gasteiger partial charge in [0.1, 0.15) is 11.5 Å². The van der Waals surface area contributed by atoms with E-state index in [-0.39, 0.29) is 11.8 Å². The van der Waals surface area contributed by atoms with Crippen molar-refractivity contribution in [1.29, 1.82) is 0 Å². The van der Waals surface area contributed by atoms with Gasteiger partial charge < -0.3 is 14.8 Å². The van der Waals surface area contributed by atoms with Crippen LogP contribution in [0.25, 0.3) is 0 Å². The summed E-state index contributed by atoms with van der Waals surface area (Å²) in [5, 5.41) is 3.24. The Hall–Kier alpha value is -1.20. The van der Waals surface area contributed by atoms with Crippen LogP contribution in [0.1, 0.15) is 10.4 Å². The van der Waals surface area contributed by atoms with Crippen LogP contribution in [0, 0.1) is 0 Å². The van der Waals surface area contributed by atoms with E-state index in [0.29, 0.717) is 17.1 Å². The monoisotopic (exact) mass is 267 g/mol. The summed E-state index contributed by atoms with van der Waals surface area (Å²) in [6.45, 7) is 0.875. The Kier molecular flexibility index (Phi) is 4.49. The second-order valence-electron chi connectivity index (χ2n) is 4.01. The SMILES string of the molecule is COc1ccc(C(=O)C2CSCCN2)c(OC)c1. The zero-order valence-electron chi connectivity index (χ0n) is 10.6. The summed E-state index contributed by atoms with van der Waals surface area (Å²) in [5.74, 6) is 3.21. The molecule has 1 aliphatic heterocycles. The van der Waals surface area contributed by atoms with E-state index in [1.54, 1.807) is 44.2 Å². The van der Waals surface area contributed by atoms with Crippen molar-refractivity contribution in [3.8, 4) is 11.5 Å². The number of ketones is 1. The number of benzene rings is 1. The number of Topliss-reactive ketones (excluding diaryl/α,β-unsaturated/α-hetero) is 1. The summed E-state index contributed by atoms with van der Waals surface area (Å²) in [5.41, 5.74) is 0.610. The average molecular weight is 267 g/mol. The van der Waals surface area contributed by atoms with E-state index in [1.807, 2.05) is 0 Å². The molecular formula is C13H17NO3S. The smallest absolute Gasteiger partial charge is 0.184 e. The van der Waals surface area contributed by atoms with Crippen LogP contribution in [0.15, 0.2) is 18.2 Å². The fraction of sp³-hybridized carbons (Fsp3) is 0.462. The molecule has 0 radical (unpaired) electrons. The maximum Gasteiger partial charge on any atom is 0.184 e. The van der Waals surface area contributed by atoms with Crippen molar-refractivity contribution >= 4 is 17.5 Å². The molecule has 0 bridgehead atoms. The highest BCUT2D eigenvalue weighted by atomic mass is 32.2. The third-order valence-corrected chi connectivity index (χ3v) is 3.97. The molecule has 0 aliphatic carbocycles. The second-order valence-corrected chi connectivity index (χ2v) is 5.16. The summed E-state index contributed by atoms with van der Waals surface area (Å²) < 4.78 is 10.4. The lowest BCUT2D eigenvalue weighted by atomic mass is 10.0. The molecule has 1 aromatic rings. The Morgan fingerprint density at radius 3 is 2.83 bits per heavy atom. The van der Waals surface area contributed by atoms with E-state index in [2.05, 4.69) is 5.32 Å². The summed E-state index contributed by atoms with van der Waals surface area (Å²) in [7, 11) is 3.16. The first-order chi connectivity index (χ1) is 8.76. The van der Waals surface area contributed by atoms with Crippen LogP contribution >= 0.6 is 11.8 Å². The van der Waals surface area contributed by atoms with Gasteiger partial charge in [-0.05, 0) is 12.1 Å². The minimum Gasteiger partial charge on any atom is -0.497 e. The molecular weight excluding hydrogens is 250 g/mol. The van der Waals surface area contributed by atoms with Crippen molar-refractivity contribution in [3.05, 3.63) is 23.8 Å². The number of methoxy groups -OCH3 is 2. The summed E-state index contributed by atoms with van der Waals surface area (Å²) in [6, 6.07) is 5.17. The maximum atomic E-state index is 12.4. The summed E-state index contributed by atoms with van der Waals surface area (Å²) in [4.78, 5) is 12.4. The molecule has 1 saturated heterocycles. The first kappa shape index (κ1) is 13.2. The molecule has 98 valence electrons. The van der Waals surface area contributed by atoms with Crippen LogP contribution in [0.4, 0.5) is 0 Å². The molecule has 1 N–H and O–H groups in total. The molecule has 1 heterocycles. The van der Waals surface area contributed by atoms with Crippen molar-refractivity contribution in [2.24, 2.45) is 0 Å². The number of carbonyl (C=O) groups is 1. The summed E-state index contributed by atoms with van der Waals surface area (Å²) in [6.07, 6.45) is 0. The average Bonchev–Trinajstić information content (AvgIpc) is 2.46. The number of rotatable bonds is 4. The normalized spacial score (nSPS) is 19.3. The molecule has 0 amide bonds. The van der Waals surface area contributed by atoms with Crippen LogP contribution in [0.3, 0.4) is 0 Å². The standard InChI is InChI=1S/C13H17NO3S/c1-16-9-3-4-10(12(7-9)17-2)13(15)11-8-18-6-5-14-11/h3-4,7,11,14H,5-6,8H2,1-2H3. The van der Waals surface area contributed by atoms with Crippen LogP contribution in [-0.2, 0) is 0 Å². The zero-order valence-corrected chi connectivity index (χ0v) is 11.4. The highest BCUT2D eigenvalue weighted by Crippen LogP contribution is 2.26. The first-order valence-corrected chi connectivity index (χ1v) is 6.99. The molecule has 1 unspecified atom stereocenters. The predicted molar refractivity (Wildman–Crippen MR) is 73.0 cm³/mol. The minimum atomic E-state index is -0.119. The Balaban J connectivity index is 2.23. The molecule has 2 rings (SSSR count). The van der Waals surface area contributed by atoms with Gasteiger partial charge in [-0.2, -0.15) is 11.8 Å². The van der Waals surface area contributed by atoms with Gasteiger partial charge in [0.05, 0.1) is 25.8 Å². The molecule has 5 heteroatoms. The van der Waals surface area contributed by atoms with Gasteiger partial charge in [0.25, 0.3) is 0 Å². The molecule has 1 fully saturated rings. The van der Waals surface area contributed by atoms with Gasteiger partial charge in [-0.25, -0.2) is 0 Å². The van der Waals surface area contributed by atoms with E-state index in [9.17, 15) is 4.79 Å². The molecule has 0 saturated carbocycles. The van der Waals surface area contributed by atoms with Crippen molar-refractivity contribution in [3.63, 3.8) is 0 Å². The highest BCUT2D eigenvalue weighted by Gasteiger charge is 2.24. The number of hydrogen-bond donors (Lipinski definition) is 1. The number of hydrogen-bond acceptors (Lipinski definition) is 5. The van der Waals surface area contributed by atoms with E-state index in [1.165, 1.54) is 0 Å². The lowest BCUT2D eigenvalue weighted by Gasteiger charge is -2.22. The molecule has 4 nitrogen and oxygen atoms in total. The van der Waals surface area contributed by atoms with Gasteiger partial charge in [0.15, 0.2) is 5.78 Å². The largest absolute Gasteiger partial charge is 0.497 e. The fourth-order valence-corrected chi connectivity index (χ4v) is 2.86. The van der Waals surface area contributed by atoms with Crippen LogP contribution in [-0.4, -0.2) is 44.1 Å².